The molecule has 0 N–H and O–H groups in total. The summed E-state index contributed by atoms with van der Waals surface area (Å²) in [5.74, 6) is 1.33. The lowest BCUT2D eigenvalue weighted by Gasteiger charge is -2.23. The predicted molar refractivity (Wildman–Crippen MR) is 90.9 cm³/mol. The first-order valence-electron chi connectivity index (χ1n) is 7.51. The normalized spacial score (nSPS) is 12.7. The van der Waals surface area contributed by atoms with Gasteiger partial charge in [0.2, 0.25) is 0 Å². The van der Waals surface area contributed by atoms with Crippen molar-refractivity contribution in [1.82, 2.24) is 0 Å². The number of fused-ring (bicyclic) bond motifs is 1. The molecule has 0 aromatic heterocycles. The molecule has 0 saturated heterocycles. The van der Waals surface area contributed by atoms with Crippen molar-refractivity contribution in [3.8, 4) is 11.5 Å². The van der Waals surface area contributed by atoms with Gasteiger partial charge in [0, 0.05) is 44.1 Å². The van der Waals surface area contributed by atoms with Gasteiger partial charge in [-0.1, -0.05) is 6.07 Å². The third-order valence-corrected chi connectivity index (χ3v) is 3.83. The second-order valence-corrected chi connectivity index (χ2v) is 5.64. The third kappa shape index (κ3) is 3.08. The van der Waals surface area contributed by atoms with Crippen molar-refractivity contribution in [2.45, 2.75) is 0 Å². The molecule has 0 unspecified atom stereocenters. The van der Waals surface area contributed by atoms with Crippen LogP contribution in [0.2, 0.25) is 0 Å². The zero-order valence-corrected chi connectivity index (χ0v) is 13.6. The summed E-state index contributed by atoms with van der Waals surface area (Å²) in [6.45, 7) is 1.08. The van der Waals surface area contributed by atoms with Crippen molar-refractivity contribution in [2.75, 3.05) is 44.2 Å². The molecule has 1 amide bonds. The molecule has 23 heavy (non-hydrogen) atoms. The molecule has 5 heteroatoms. The molecule has 1 aliphatic heterocycles. The monoisotopic (exact) mass is 312 g/mol. The summed E-state index contributed by atoms with van der Waals surface area (Å²) in [6.07, 6.45) is 0. The average Bonchev–Trinajstić information content (AvgIpc) is 2.60. The lowest BCUT2D eigenvalue weighted by atomic mass is 10.1. The van der Waals surface area contributed by atoms with Crippen LogP contribution in [0, 0.1) is 0 Å². The van der Waals surface area contributed by atoms with Crippen LogP contribution in [0.4, 0.5) is 11.4 Å². The molecule has 5 nitrogen and oxygen atoms in total. The van der Waals surface area contributed by atoms with Crippen LogP contribution < -0.4 is 19.3 Å². The fourth-order valence-electron chi connectivity index (χ4n) is 2.47. The first-order chi connectivity index (χ1) is 11.1. The van der Waals surface area contributed by atoms with Crippen LogP contribution in [0.5, 0.6) is 11.5 Å². The summed E-state index contributed by atoms with van der Waals surface area (Å²) >= 11 is 0. The highest BCUT2D eigenvalue weighted by atomic mass is 16.6. The quantitative estimate of drug-likeness (QED) is 0.874. The van der Waals surface area contributed by atoms with Gasteiger partial charge in [-0.15, -0.1) is 0 Å². The number of nitrogens with zero attached hydrogens (tertiary/aromatic N) is 2. The van der Waals surface area contributed by atoms with Gasteiger partial charge >= 0.3 is 0 Å². The lowest BCUT2D eigenvalue weighted by molar-refractivity contribution is 0.0993. The molecule has 2 aromatic rings. The van der Waals surface area contributed by atoms with Gasteiger partial charge in [0.1, 0.15) is 13.2 Å². The Balaban J connectivity index is 1.86. The molecule has 2 aromatic carbocycles. The van der Waals surface area contributed by atoms with E-state index in [0.29, 0.717) is 24.5 Å². The maximum Gasteiger partial charge on any atom is 0.258 e. The Kier molecular flexibility index (Phi) is 4.10. The number of rotatable bonds is 3. The summed E-state index contributed by atoms with van der Waals surface area (Å²) < 4.78 is 11.1. The van der Waals surface area contributed by atoms with Gasteiger partial charge in [-0.05, 0) is 30.3 Å². The number of carbonyl (C=O) groups is 1. The second-order valence-electron chi connectivity index (χ2n) is 5.64. The Morgan fingerprint density at radius 2 is 1.65 bits per heavy atom. The first-order valence-corrected chi connectivity index (χ1v) is 7.51. The van der Waals surface area contributed by atoms with Crippen LogP contribution in [-0.2, 0) is 0 Å². The van der Waals surface area contributed by atoms with Crippen molar-refractivity contribution in [3.05, 3.63) is 48.0 Å². The molecular weight excluding hydrogens is 292 g/mol. The molecule has 1 aliphatic rings. The number of benzene rings is 2. The molecule has 3 rings (SSSR count). The topological polar surface area (TPSA) is 42.0 Å². The van der Waals surface area contributed by atoms with Crippen LogP contribution in [0.15, 0.2) is 42.5 Å². The van der Waals surface area contributed by atoms with E-state index in [1.807, 2.05) is 61.5 Å². The van der Waals surface area contributed by atoms with E-state index >= 15 is 0 Å². The number of carbonyl (C=O) groups excluding carboxylic acids is 1. The SMILES string of the molecule is CN(C)c1cccc(C(=O)N(C)c2ccc3c(c2)OCCO3)c1. The molecule has 0 saturated carbocycles. The Labute approximate surface area is 136 Å². The second kappa shape index (κ2) is 6.20. The fraction of sp³-hybridized carbons (Fsp3) is 0.278. The van der Waals surface area contributed by atoms with Crippen LogP contribution in [-0.4, -0.2) is 40.3 Å². The Morgan fingerprint density at radius 1 is 0.913 bits per heavy atom. The highest BCUT2D eigenvalue weighted by Gasteiger charge is 2.18. The zero-order chi connectivity index (χ0) is 16.4. The minimum atomic E-state index is -0.0645. The van der Waals surface area contributed by atoms with E-state index in [1.54, 1.807) is 11.9 Å². The molecule has 0 aliphatic carbocycles. The highest BCUT2D eigenvalue weighted by molar-refractivity contribution is 6.06. The largest absolute Gasteiger partial charge is 0.486 e. The summed E-state index contributed by atoms with van der Waals surface area (Å²) in [4.78, 5) is 16.3. The van der Waals surface area contributed by atoms with Gasteiger partial charge in [-0.3, -0.25) is 4.79 Å². The van der Waals surface area contributed by atoms with E-state index < -0.39 is 0 Å². The van der Waals surface area contributed by atoms with Gasteiger partial charge in [0.05, 0.1) is 0 Å². The van der Waals surface area contributed by atoms with E-state index in [2.05, 4.69) is 0 Å². The summed E-state index contributed by atoms with van der Waals surface area (Å²) in [5, 5.41) is 0. The highest BCUT2D eigenvalue weighted by Crippen LogP contribution is 2.34. The Morgan fingerprint density at radius 3 is 2.39 bits per heavy atom. The van der Waals surface area contributed by atoms with Gasteiger partial charge in [-0.2, -0.15) is 0 Å². The summed E-state index contributed by atoms with van der Waals surface area (Å²) in [5.41, 5.74) is 2.41. The minimum Gasteiger partial charge on any atom is -0.486 e. The van der Waals surface area contributed by atoms with Crippen LogP contribution in [0.1, 0.15) is 10.4 Å². The summed E-state index contributed by atoms with van der Waals surface area (Å²) in [6, 6.07) is 13.1. The predicted octanol–water partition coefficient (Wildman–Crippen LogP) is 2.80. The van der Waals surface area contributed by atoms with E-state index in [-0.39, 0.29) is 5.91 Å². The fourth-order valence-corrected chi connectivity index (χ4v) is 2.47. The van der Waals surface area contributed by atoms with Gasteiger partial charge in [0.25, 0.3) is 5.91 Å². The third-order valence-electron chi connectivity index (χ3n) is 3.83. The van der Waals surface area contributed by atoms with Crippen molar-refractivity contribution in [2.24, 2.45) is 0 Å². The molecule has 1 heterocycles. The molecular formula is C18H20N2O3. The van der Waals surface area contributed by atoms with Gasteiger partial charge in [0.15, 0.2) is 11.5 Å². The van der Waals surface area contributed by atoms with Crippen LogP contribution in [0.25, 0.3) is 0 Å². The zero-order valence-electron chi connectivity index (χ0n) is 13.6. The number of ether oxygens (including phenoxy) is 2. The average molecular weight is 312 g/mol. The maximum atomic E-state index is 12.7. The standard InChI is InChI=1S/C18H20N2O3/c1-19(2)14-6-4-5-13(11-14)18(21)20(3)15-7-8-16-17(12-15)23-10-9-22-16/h4-8,11-12H,9-10H2,1-3H3. The Bertz CT molecular complexity index is 728. The van der Waals surface area contributed by atoms with Crippen molar-refractivity contribution in [1.29, 1.82) is 0 Å². The van der Waals surface area contributed by atoms with Gasteiger partial charge in [-0.25, -0.2) is 0 Å². The van der Waals surface area contributed by atoms with Crippen LogP contribution in [0.3, 0.4) is 0 Å². The molecule has 0 atom stereocenters. The first kappa shape index (κ1) is 15.2. The maximum absolute atomic E-state index is 12.7. The summed E-state index contributed by atoms with van der Waals surface area (Å²) in [7, 11) is 5.67. The van der Waals surface area contributed by atoms with Crippen molar-refractivity contribution in [3.63, 3.8) is 0 Å². The van der Waals surface area contributed by atoms with Gasteiger partial charge < -0.3 is 19.3 Å². The molecule has 0 bridgehead atoms. The van der Waals surface area contributed by atoms with Crippen molar-refractivity contribution >= 4 is 17.3 Å². The molecule has 0 fully saturated rings. The minimum absolute atomic E-state index is 0.0645. The van der Waals surface area contributed by atoms with Crippen molar-refractivity contribution < 1.29 is 14.3 Å². The Hall–Kier alpha value is -2.69. The van der Waals surface area contributed by atoms with E-state index in [4.69, 9.17) is 9.47 Å². The number of hydrogen-bond donors (Lipinski definition) is 0. The van der Waals surface area contributed by atoms with E-state index in [1.165, 1.54) is 0 Å². The lowest BCUT2D eigenvalue weighted by Crippen LogP contribution is -2.26. The molecule has 0 radical (unpaired) electrons. The van der Waals surface area contributed by atoms with E-state index in [0.717, 1.165) is 17.1 Å². The molecule has 120 valence electrons. The van der Waals surface area contributed by atoms with E-state index in [9.17, 15) is 4.79 Å². The van der Waals surface area contributed by atoms with Crippen LogP contribution >= 0.6 is 0 Å². The number of anilines is 2. The number of hydrogen-bond acceptors (Lipinski definition) is 4. The molecule has 0 spiro atoms. The smallest absolute Gasteiger partial charge is 0.258 e. The number of amides is 1.